The van der Waals surface area contributed by atoms with Crippen molar-refractivity contribution in [2.45, 2.75) is 6.92 Å². The second-order valence-corrected chi connectivity index (χ2v) is 3.78. The van der Waals surface area contributed by atoms with Crippen LogP contribution in [0.5, 0.6) is 0 Å². The Morgan fingerprint density at radius 1 is 1.25 bits per heavy atom. The number of benzene rings is 1. The Bertz CT molecular complexity index is 443. The molecule has 1 aliphatic rings. The van der Waals surface area contributed by atoms with E-state index in [1.165, 1.54) is 11.0 Å². The van der Waals surface area contributed by atoms with Gasteiger partial charge in [0.2, 0.25) is 11.8 Å². The van der Waals surface area contributed by atoms with Crippen molar-refractivity contribution in [2.24, 2.45) is 0 Å². The molecule has 0 aliphatic carbocycles. The average molecular weight is 222 g/mol. The molecule has 0 bridgehead atoms. The Morgan fingerprint density at radius 2 is 1.88 bits per heavy atom. The Kier molecular flexibility index (Phi) is 2.60. The largest absolute Gasteiger partial charge is 0.351 e. The number of rotatable bonds is 1. The molecule has 2 amide bonds. The first kappa shape index (κ1) is 10.6. The molecule has 2 rings (SSSR count). The summed E-state index contributed by atoms with van der Waals surface area (Å²) < 4.78 is 13.5. The monoisotopic (exact) mass is 222 g/mol. The first-order valence-electron chi connectivity index (χ1n) is 4.90. The van der Waals surface area contributed by atoms with Gasteiger partial charge in [-0.25, -0.2) is 4.39 Å². The van der Waals surface area contributed by atoms with Crippen LogP contribution >= 0.6 is 0 Å². The third-order valence-electron chi connectivity index (χ3n) is 2.39. The van der Waals surface area contributed by atoms with Gasteiger partial charge in [-0.2, -0.15) is 0 Å². The molecular weight excluding hydrogens is 211 g/mol. The molecule has 0 saturated carbocycles. The number of nitrogens with zero attached hydrogens (tertiary/aromatic N) is 1. The van der Waals surface area contributed by atoms with Gasteiger partial charge in [0.1, 0.15) is 5.82 Å². The summed E-state index contributed by atoms with van der Waals surface area (Å²) in [6, 6.07) is 4.60. The van der Waals surface area contributed by atoms with Crippen LogP contribution in [0.3, 0.4) is 0 Å². The zero-order valence-electron chi connectivity index (χ0n) is 8.79. The third kappa shape index (κ3) is 2.03. The summed E-state index contributed by atoms with van der Waals surface area (Å²) in [6.45, 7) is 1.84. The molecule has 4 nitrogen and oxygen atoms in total. The fraction of sp³-hybridized carbons (Fsp3) is 0.273. The van der Waals surface area contributed by atoms with E-state index in [0.717, 1.165) is 5.56 Å². The highest BCUT2D eigenvalue weighted by Crippen LogP contribution is 2.21. The number of halogens is 1. The fourth-order valence-corrected chi connectivity index (χ4v) is 1.67. The van der Waals surface area contributed by atoms with Crippen LogP contribution in [-0.4, -0.2) is 24.9 Å². The Hall–Kier alpha value is -1.91. The van der Waals surface area contributed by atoms with Crippen molar-refractivity contribution in [1.82, 2.24) is 5.32 Å². The van der Waals surface area contributed by atoms with Crippen LogP contribution in [0.1, 0.15) is 5.56 Å². The number of aryl methyl sites for hydroxylation is 1. The minimum absolute atomic E-state index is 0.00606. The molecule has 1 aromatic carbocycles. The van der Waals surface area contributed by atoms with E-state index in [1.807, 2.05) is 6.92 Å². The lowest BCUT2D eigenvalue weighted by molar-refractivity contribution is -0.130. The van der Waals surface area contributed by atoms with E-state index in [-0.39, 0.29) is 13.1 Å². The SMILES string of the molecule is Cc1ccc(F)c(N2CC(=O)NC(=O)C2)c1. The maximum absolute atomic E-state index is 13.5. The quantitative estimate of drug-likeness (QED) is 0.708. The third-order valence-corrected chi connectivity index (χ3v) is 2.39. The van der Waals surface area contributed by atoms with Crippen LogP contribution in [-0.2, 0) is 9.59 Å². The summed E-state index contributed by atoms with van der Waals surface area (Å²) in [5, 5.41) is 2.17. The average Bonchev–Trinajstić information content (AvgIpc) is 2.20. The van der Waals surface area contributed by atoms with Crippen molar-refractivity contribution < 1.29 is 14.0 Å². The summed E-state index contributed by atoms with van der Waals surface area (Å²) in [5.74, 6) is -1.23. The number of piperazine rings is 1. The molecule has 1 aliphatic heterocycles. The van der Waals surface area contributed by atoms with Crippen LogP contribution in [0.2, 0.25) is 0 Å². The van der Waals surface area contributed by atoms with Crippen LogP contribution < -0.4 is 10.2 Å². The molecular formula is C11H11FN2O2. The van der Waals surface area contributed by atoms with Gasteiger partial charge < -0.3 is 4.90 Å². The first-order valence-corrected chi connectivity index (χ1v) is 4.90. The van der Waals surface area contributed by atoms with E-state index in [0.29, 0.717) is 5.69 Å². The molecule has 0 radical (unpaired) electrons. The van der Waals surface area contributed by atoms with Gasteiger partial charge in [-0.3, -0.25) is 14.9 Å². The zero-order valence-corrected chi connectivity index (χ0v) is 8.79. The van der Waals surface area contributed by atoms with Crippen molar-refractivity contribution in [1.29, 1.82) is 0 Å². The molecule has 16 heavy (non-hydrogen) atoms. The predicted octanol–water partition coefficient (Wildman–Crippen LogP) is 0.597. The molecule has 1 fully saturated rings. The number of imide groups is 1. The molecule has 1 heterocycles. The molecule has 0 aromatic heterocycles. The van der Waals surface area contributed by atoms with Crippen molar-refractivity contribution in [3.05, 3.63) is 29.6 Å². The van der Waals surface area contributed by atoms with Gasteiger partial charge in [-0.15, -0.1) is 0 Å². The van der Waals surface area contributed by atoms with Gasteiger partial charge in [-0.05, 0) is 24.6 Å². The van der Waals surface area contributed by atoms with Crippen LogP contribution in [0.15, 0.2) is 18.2 Å². The van der Waals surface area contributed by atoms with E-state index < -0.39 is 17.6 Å². The topological polar surface area (TPSA) is 49.4 Å². The lowest BCUT2D eigenvalue weighted by Gasteiger charge is -2.27. The van der Waals surface area contributed by atoms with Gasteiger partial charge >= 0.3 is 0 Å². The molecule has 1 N–H and O–H groups in total. The molecule has 5 heteroatoms. The zero-order chi connectivity index (χ0) is 11.7. The summed E-state index contributed by atoms with van der Waals surface area (Å²) in [4.78, 5) is 23.7. The van der Waals surface area contributed by atoms with Gasteiger partial charge in [0.25, 0.3) is 0 Å². The maximum atomic E-state index is 13.5. The number of carbonyl (C=O) groups is 2. The number of anilines is 1. The van der Waals surface area contributed by atoms with Crippen molar-refractivity contribution in [3.8, 4) is 0 Å². The predicted molar refractivity (Wildman–Crippen MR) is 56.5 cm³/mol. The first-order chi connectivity index (χ1) is 7.56. The Labute approximate surface area is 92.0 Å². The highest BCUT2D eigenvalue weighted by molar-refractivity contribution is 6.02. The lowest BCUT2D eigenvalue weighted by Crippen LogP contribution is -2.51. The Balaban J connectivity index is 2.32. The van der Waals surface area contributed by atoms with E-state index >= 15 is 0 Å². The number of hydrogen-bond acceptors (Lipinski definition) is 3. The fourth-order valence-electron chi connectivity index (χ4n) is 1.67. The lowest BCUT2D eigenvalue weighted by atomic mass is 10.2. The van der Waals surface area contributed by atoms with Gasteiger partial charge in [-0.1, -0.05) is 6.07 Å². The van der Waals surface area contributed by atoms with Crippen molar-refractivity contribution in [3.63, 3.8) is 0 Å². The molecule has 1 aromatic rings. The molecule has 0 spiro atoms. The minimum atomic E-state index is -0.423. The number of nitrogens with one attached hydrogen (secondary N) is 1. The highest BCUT2D eigenvalue weighted by Gasteiger charge is 2.24. The number of hydrogen-bond donors (Lipinski definition) is 1. The van der Waals surface area contributed by atoms with Crippen molar-refractivity contribution >= 4 is 17.5 Å². The maximum Gasteiger partial charge on any atom is 0.246 e. The minimum Gasteiger partial charge on any atom is -0.351 e. The molecule has 84 valence electrons. The highest BCUT2D eigenvalue weighted by atomic mass is 19.1. The van der Waals surface area contributed by atoms with Crippen LogP contribution in [0.4, 0.5) is 10.1 Å². The molecule has 1 saturated heterocycles. The summed E-state index contributed by atoms with van der Waals surface area (Å²) in [6.07, 6.45) is 0. The summed E-state index contributed by atoms with van der Waals surface area (Å²) in [5.41, 5.74) is 1.18. The van der Waals surface area contributed by atoms with Gasteiger partial charge in [0.05, 0.1) is 18.8 Å². The van der Waals surface area contributed by atoms with E-state index in [1.54, 1.807) is 12.1 Å². The number of amides is 2. The molecule has 0 atom stereocenters. The second kappa shape index (κ2) is 3.92. The van der Waals surface area contributed by atoms with Gasteiger partial charge in [0.15, 0.2) is 0 Å². The smallest absolute Gasteiger partial charge is 0.246 e. The Morgan fingerprint density at radius 3 is 2.50 bits per heavy atom. The van der Waals surface area contributed by atoms with E-state index in [9.17, 15) is 14.0 Å². The normalized spacial score (nSPS) is 16.2. The van der Waals surface area contributed by atoms with E-state index in [2.05, 4.69) is 5.32 Å². The second-order valence-electron chi connectivity index (χ2n) is 3.78. The molecule has 0 unspecified atom stereocenters. The number of carbonyl (C=O) groups excluding carboxylic acids is 2. The standard InChI is InChI=1S/C11H11FN2O2/c1-7-2-3-8(12)9(4-7)14-5-10(15)13-11(16)6-14/h2-4H,5-6H2,1H3,(H,13,15,16). The van der Waals surface area contributed by atoms with Crippen LogP contribution in [0.25, 0.3) is 0 Å². The van der Waals surface area contributed by atoms with E-state index in [4.69, 9.17) is 0 Å². The van der Waals surface area contributed by atoms with Crippen molar-refractivity contribution in [2.75, 3.05) is 18.0 Å². The summed E-state index contributed by atoms with van der Waals surface area (Å²) in [7, 11) is 0. The summed E-state index contributed by atoms with van der Waals surface area (Å²) >= 11 is 0. The van der Waals surface area contributed by atoms with Gasteiger partial charge in [0, 0.05) is 0 Å². The van der Waals surface area contributed by atoms with Crippen LogP contribution in [0, 0.1) is 12.7 Å².